The van der Waals surface area contributed by atoms with E-state index in [2.05, 4.69) is 58.5 Å². The molecule has 186 valence electrons. The molecule has 0 aromatic heterocycles. The average molecular weight is 479 g/mol. The van der Waals surface area contributed by atoms with Gasteiger partial charge in [-0.05, 0) is 56.2 Å². The number of nitrogens with zero attached hydrogens (tertiary/aromatic N) is 2. The number of methoxy groups -OCH3 is 1. The third kappa shape index (κ3) is 5.59. The van der Waals surface area contributed by atoms with E-state index in [4.69, 9.17) is 9.47 Å². The summed E-state index contributed by atoms with van der Waals surface area (Å²) in [6, 6.07) is 15.2. The zero-order valence-corrected chi connectivity index (χ0v) is 20.8. The number of piperazine rings is 1. The van der Waals surface area contributed by atoms with Crippen LogP contribution in [-0.4, -0.2) is 62.8 Å². The molecule has 0 bridgehead atoms. The van der Waals surface area contributed by atoms with E-state index in [0.717, 1.165) is 25.2 Å². The first-order valence-corrected chi connectivity index (χ1v) is 12.1. The Kier molecular flexibility index (Phi) is 7.60. The lowest BCUT2D eigenvalue weighted by Crippen LogP contribution is -2.54. The Morgan fingerprint density at radius 1 is 1.14 bits per heavy atom. The molecule has 35 heavy (non-hydrogen) atoms. The second-order valence-electron chi connectivity index (χ2n) is 9.03. The number of ether oxygens (including phenoxy) is 2. The van der Waals surface area contributed by atoms with Gasteiger partial charge in [-0.3, -0.25) is 4.90 Å². The molecular formula is C27H34N4O4. The maximum absolute atomic E-state index is 13.1. The first kappa shape index (κ1) is 24.6. The van der Waals surface area contributed by atoms with Crippen LogP contribution in [0.15, 0.2) is 59.8 Å². The summed E-state index contributed by atoms with van der Waals surface area (Å²) in [4.78, 5) is 30.4. The van der Waals surface area contributed by atoms with E-state index in [0.29, 0.717) is 23.6 Å². The van der Waals surface area contributed by atoms with Crippen LogP contribution in [0.25, 0.3) is 0 Å². The SMILES string of the molecule is CCOC(=O)C1=C(CN2CCN(c3cccc(C)c3)[C@@H](C)C2)NC(=O)N[C@@H]1c1ccc(OC)cc1. The highest BCUT2D eigenvalue weighted by Crippen LogP contribution is 2.30. The molecule has 0 aliphatic carbocycles. The molecule has 2 atom stereocenters. The second kappa shape index (κ2) is 10.8. The van der Waals surface area contributed by atoms with Gasteiger partial charge in [-0.15, -0.1) is 0 Å². The Morgan fingerprint density at radius 2 is 1.91 bits per heavy atom. The van der Waals surface area contributed by atoms with Crippen molar-refractivity contribution >= 4 is 17.7 Å². The zero-order valence-electron chi connectivity index (χ0n) is 20.8. The predicted molar refractivity (Wildman–Crippen MR) is 135 cm³/mol. The molecule has 0 spiro atoms. The van der Waals surface area contributed by atoms with E-state index in [9.17, 15) is 9.59 Å². The Balaban J connectivity index is 1.58. The van der Waals surface area contributed by atoms with Gasteiger partial charge in [-0.25, -0.2) is 9.59 Å². The maximum atomic E-state index is 13.1. The highest BCUT2D eigenvalue weighted by atomic mass is 16.5. The van der Waals surface area contributed by atoms with Crippen LogP contribution in [0.5, 0.6) is 5.75 Å². The average Bonchev–Trinajstić information content (AvgIpc) is 2.84. The monoisotopic (exact) mass is 478 g/mol. The minimum absolute atomic E-state index is 0.255. The van der Waals surface area contributed by atoms with Crippen molar-refractivity contribution in [2.75, 3.05) is 44.8 Å². The van der Waals surface area contributed by atoms with Crippen LogP contribution in [-0.2, 0) is 9.53 Å². The Hall–Kier alpha value is -3.52. The molecule has 0 saturated carbocycles. The molecule has 0 radical (unpaired) electrons. The third-order valence-electron chi connectivity index (χ3n) is 6.52. The molecule has 0 unspecified atom stereocenters. The first-order chi connectivity index (χ1) is 16.9. The minimum atomic E-state index is -0.602. The maximum Gasteiger partial charge on any atom is 0.338 e. The normalized spacial score (nSPS) is 20.8. The molecule has 2 aliphatic heterocycles. The number of amides is 2. The summed E-state index contributed by atoms with van der Waals surface area (Å²) < 4.78 is 10.7. The molecular weight excluding hydrogens is 444 g/mol. The summed E-state index contributed by atoms with van der Waals surface area (Å²) in [7, 11) is 1.60. The fourth-order valence-electron chi connectivity index (χ4n) is 4.83. The van der Waals surface area contributed by atoms with Crippen molar-refractivity contribution < 1.29 is 19.1 Å². The number of benzene rings is 2. The van der Waals surface area contributed by atoms with Crippen LogP contribution in [0, 0.1) is 6.92 Å². The molecule has 2 aromatic carbocycles. The van der Waals surface area contributed by atoms with Crippen molar-refractivity contribution in [2.24, 2.45) is 0 Å². The van der Waals surface area contributed by atoms with Crippen LogP contribution in [0.4, 0.5) is 10.5 Å². The lowest BCUT2D eigenvalue weighted by Gasteiger charge is -2.42. The minimum Gasteiger partial charge on any atom is -0.497 e. The molecule has 8 heteroatoms. The number of hydrogen-bond donors (Lipinski definition) is 2. The van der Waals surface area contributed by atoms with Crippen LogP contribution in [0.1, 0.15) is 31.0 Å². The standard InChI is InChI=1S/C27H34N4O4/c1-5-35-26(32)24-23(28-27(33)29-25(24)20-9-11-22(34-4)12-10-20)17-30-13-14-31(19(3)16-30)21-8-6-7-18(2)15-21/h6-12,15,19,25H,5,13-14,16-17H2,1-4H3,(H2,28,29,33)/t19-,25+/m0/s1. The number of rotatable bonds is 7. The van der Waals surface area contributed by atoms with Crippen molar-refractivity contribution in [3.63, 3.8) is 0 Å². The van der Waals surface area contributed by atoms with Gasteiger partial charge in [-0.2, -0.15) is 0 Å². The van der Waals surface area contributed by atoms with E-state index >= 15 is 0 Å². The van der Waals surface area contributed by atoms with E-state index in [-0.39, 0.29) is 18.7 Å². The molecule has 1 saturated heterocycles. The molecule has 2 amide bonds. The molecule has 2 N–H and O–H groups in total. The van der Waals surface area contributed by atoms with Crippen molar-refractivity contribution in [3.8, 4) is 5.75 Å². The molecule has 2 aliphatic rings. The van der Waals surface area contributed by atoms with Gasteiger partial charge < -0.3 is 25.0 Å². The van der Waals surface area contributed by atoms with Gasteiger partial charge in [0.05, 0.1) is 25.3 Å². The Morgan fingerprint density at radius 3 is 2.57 bits per heavy atom. The highest BCUT2D eigenvalue weighted by molar-refractivity contribution is 5.95. The summed E-state index contributed by atoms with van der Waals surface area (Å²) in [6.07, 6.45) is 0. The summed E-state index contributed by atoms with van der Waals surface area (Å²) in [5.41, 5.74) is 4.27. The molecule has 2 heterocycles. The van der Waals surface area contributed by atoms with Crippen molar-refractivity contribution in [2.45, 2.75) is 32.9 Å². The van der Waals surface area contributed by atoms with Gasteiger partial charge in [0.15, 0.2) is 0 Å². The molecule has 1 fully saturated rings. The summed E-state index contributed by atoms with van der Waals surface area (Å²) in [6.45, 7) is 9.29. The lowest BCUT2D eigenvalue weighted by molar-refractivity contribution is -0.139. The van der Waals surface area contributed by atoms with Crippen LogP contribution in [0.2, 0.25) is 0 Å². The van der Waals surface area contributed by atoms with Gasteiger partial charge in [0.1, 0.15) is 5.75 Å². The van der Waals surface area contributed by atoms with Crippen molar-refractivity contribution in [1.29, 1.82) is 0 Å². The van der Waals surface area contributed by atoms with Gasteiger partial charge in [0.2, 0.25) is 0 Å². The zero-order chi connectivity index (χ0) is 24.9. The number of hydrogen-bond acceptors (Lipinski definition) is 6. The fraction of sp³-hybridized carbons (Fsp3) is 0.407. The highest BCUT2D eigenvalue weighted by Gasteiger charge is 2.35. The topological polar surface area (TPSA) is 83.1 Å². The third-order valence-corrected chi connectivity index (χ3v) is 6.52. The summed E-state index contributed by atoms with van der Waals surface area (Å²) >= 11 is 0. The number of urea groups is 1. The van der Waals surface area contributed by atoms with Crippen LogP contribution in [0.3, 0.4) is 0 Å². The van der Waals surface area contributed by atoms with E-state index in [1.54, 1.807) is 14.0 Å². The smallest absolute Gasteiger partial charge is 0.338 e. The largest absolute Gasteiger partial charge is 0.497 e. The predicted octanol–water partition coefficient (Wildman–Crippen LogP) is 3.39. The van der Waals surface area contributed by atoms with Gasteiger partial charge in [-0.1, -0.05) is 24.3 Å². The number of nitrogens with one attached hydrogen (secondary N) is 2. The second-order valence-corrected chi connectivity index (χ2v) is 9.03. The number of esters is 1. The lowest BCUT2D eigenvalue weighted by atomic mass is 9.94. The van der Waals surface area contributed by atoms with Crippen LogP contribution < -0.4 is 20.3 Å². The van der Waals surface area contributed by atoms with Crippen LogP contribution >= 0.6 is 0 Å². The fourth-order valence-corrected chi connectivity index (χ4v) is 4.83. The summed E-state index contributed by atoms with van der Waals surface area (Å²) in [5.74, 6) is 0.277. The molecule has 4 rings (SSSR count). The first-order valence-electron chi connectivity index (χ1n) is 12.1. The number of carbonyl (C=O) groups excluding carboxylic acids is 2. The van der Waals surface area contributed by atoms with Crippen molar-refractivity contribution in [1.82, 2.24) is 15.5 Å². The van der Waals surface area contributed by atoms with E-state index in [1.165, 1.54) is 11.3 Å². The number of anilines is 1. The number of carbonyl (C=O) groups is 2. The molecule has 2 aromatic rings. The molecule has 8 nitrogen and oxygen atoms in total. The van der Waals surface area contributed by atoms with Gasteiger partial charge in [0, 0.05) is 43.6 Å². The van der Waals surface area contributed by atoms with Crippen molar-refractivity contribution in [3.05, 3.63) is 70.9 Å². The van der Waals surface area contributed by atoms with E-state index < -0.39 is 12.0 Å². The number of aryl methyl sites for hydroxylation is 1. The Bertz CT molecular complexity index is 1100. The Labute approximate surface area is 206 Å². The van der Waals surface area contributed by atoms with Gasteiger partial charge in [0.25, 0.3) is 0 Å². The van der Waals surface area contributed by atoms with E-state index in [1.807, 2.05) is 24.3 Å². The summed E-state index contributed by atoms with van der Waals surface area (Å²) in [5, 5.41) is 5.78. The van der Waals surface area contributed by atoms with Gasteiger partial charge >= 0.3 is 12.0 Å². The quantitative estimate of drug-likeness (QED) is 0.594.